The number of rotatable bonds is 6. The number of carbonyl (C=O) groups excluding carboxylic acids is 4. The second kappa shape index (κ2) is 10.5. The minimum absolute atomic E-state index is 0.0162. The SMILES string of the molecule is CC(C)CC(=O)O[C@H]1C(=O)[C@H]2C[C@@H]3O[C@@H]3[C@H](O)[C@]2(C)[C@H]2C[C@H](O)[C@@]3(C)[C@@H]([C@@H](O)[C@@H]4[C@@H]3[C@H](C)[C@H]3O[C@]35OC(=O)[C@@](C)(OC(=O)CC(C)C)[C@]45C)[C@H]12. The van der Waals surface area contributed by atoms with Gasteiger partial charge in [0.15, 0.2) is 11.9 Å². The highest BCUT2D eigenvalue weighted by Gasteiger charge is 2.93. The van der Waals surface area contributed by atoms with Crippen molar-refractivity contribution in [2.75, 3.05) is 0 Å². The summed E-state index contributed by atoms with van der Waals surface area (Å²) in [7, 11) is 0. The summed E-state index contributed by atoms with van der Waals surface area (Å²) in [6.45, 7) is 16.7. The van der Waals surface area contributed by atoms with Gasteiger partial charge in [0.2, 0.25) is 5.60 Å². The standard InChI is InChI=1S/C38H54O12/c1-14(2)10-21(40)47-30-23-17(34(6)18(27(30)42)12-19-29(46-19)31(34)44)13-20(39)35(7)24-16(5)32-38(49-32)36(8,26(24)28(43)25(23)35)37(9,33(45)50-38)48-22(41)11-15(3)4/h14-20,23-26,28-32,39,43-44H,10-13H2,1-9H3/t16-,17-,18+,19-,20-,23+,24-,25+,26-,28+,29-,30+,31-,32+,34+,35+,36-,37+,38-/m0/s1. The Balaban J connectivity index is 1.27. The molecule has 278 valence electrons. The van der Waals surface area contributed by atoms with E-state index in [-0.39, 0.29) is 48.9 Å². The van der Waals surface area contributed by atoms with E-state index in [1.165, 1.54) is 0 Å². The van der Waals surface area contributed by atoms with E-state index in [9.17, 15) is 34.5 Å². The van der Waals surface area contributed by atoms with Crippen LogP contribution in [0.2, 0.25) is 0 Å². The van der Waals surface area contributed by atoms with Gasteiger partial charge in [0.1, 0.15) is 12.2 Å². The first-order chi connectivity index (χ1) is 23.2. The summed E-state index contributed by atoms with van der Waals surface area (Å²) in [6.07, 6.45) is -4.93. The van der Waals surface area contributed by atoms with E-state index < -0.39 is 118 Å². The quantitative estimate of drug-likeness (QED) is 0.209. The number of hydrogen-bond donors (Lipinski definition) is 3. The Bertz CT molecular complexity index is 1530. The summed E-state index contributed by atoms with van der Waals surface area (Å²) in [5.74, 6) is -7.90. The Morgan fingerprint density at radius 1 is 0.900 bits per heavy atom. The van der Waals surface area contributed by atoms with E-state index in [0.717, 1.165) is 0 Å². The number of esters is 3. The van der Waals surface area contributed by atoms with Gasteiger partial charge in [-0.2, -0.15) is 0 Å². The summed E-state index contributed by atoms with van der Waals surface area (Å²) in [5.41, 5.74) is -5.27. The molecule has 5 saturated carbocycles. The van der Waals surface area contributed by atoms with Gasteiger partial charge in [-0.25, -0.2) is 4.79 Å². The highest BCUT2D eigenvalue weighted by Crippen LogP contribution is 2.80. The number of ketones is 1. The molecule has 0 aromatic rings. The fourth-order valence-electron chi connectivity index (χ4n) is 13.2. The maximum atomic E-state index is 14.7. The number of aliphatic hydroxyl groups is 3. The van der Waals surface area contributed by atoms with E-state index in [0.29, 0.717) is 6.42 Å². The molecule has 8 fully saturated rings. The molecule has 3 N–H and O–H groups in total. The van der Waals surface area contributed by atoms with Crippen molar-refractivity contribution in [3.63, 3.8) is 0 Å². The first-order valence-corrected chi connectivity index (χ1v) is 18.8. The largest absolute Gasteiger partial charge is 0.454 e. The maximum Gasteiger partial charge on any atom is 0.353 e. The van der Waals surface area contributed by atoms with Crippen LogP contribution in [0.25, 0.3) is 0 Å². The lowest BCUT2D eigenvalue weighted by molar-refractivity contribution is -0.230. The minimum atomic E-state index is -1.83. The Morgan fingerprint density at radius 3 is 2.18 bits per heavy atom. The molecule has 0 bridgehead atoms. The van der Waals surface area contributed by atoms with Crippen LogP contribution < -0.4 is 0 Å². The zero-order valence-corrected chi connectivity index (χ0v) is 30.6. The third-order valence-corrected chi connectivity index (χ3v) is 15.6. The van der Waals surface area contributed by atoms with E-state index >= 15 is 0 Å². The van der Waals surface area contributed by atoms with Crippen molar-refractivity contribution >= 4 is 23.7 Å². The molecule has 3 heterocycles. The van der Waals surface area contributed by atoms with Gasteiger partial charge in [-0.1, -0.05) is 48.5 Å². The summed E-state index contributed by atoms with van der Waals surface area (Å²) in [5, 5.41) is 37.3. The molecule has 19 atom stereocenters. The average Bonchev–Trinajstić information content (AvgIpc) is 3.91. The molecular weight excluding hydrogens is 648 g/mol. The van der Waals surface area contributed by atoms with E-state index in [4.69, 9.17) is 23.7 Å². The molecule has 0 radical (unpaired) electrons. The molecule has 0 amide bonds. The number of epoxide rings is 2. The molecule has 12 nitrogen and oxygen atoms in total. The highest BCUT2D eigenvalue weighted by molar-refractivity contribution is 5.90. The first-order valence-electron chi connectivity index (χ1n) is 18.8. The van der Waals surface area contributed by atoms with Crippen molar-refractivity contribution in [2.24, 2.45) is 69.5 Å². The second-order valence-corrected chi connectivity index (χ2v) is 18.8. The van der Waals surface area contributed by atoms with E-state index in [1.807, 2.05) is 48.5 Å². The Labute approximate surface area is 293 Å². The number of hydrogen-bond acceptors (Lipinski definition) is 12. The van der Waals surface area contributed by atoms with Crippen LogP contribution in [0.15, 0.2) is 0 Å². The lowest BCUT2D eigenvalue weighted by Gasteiger charge is -2.63. The predicted molar refractivity (Wildman–Crippen MR) is 172 cm³/mol. The number of aliphatic hydroxyl groups excluding tert-OH is 3. The third-order valence-electron chi connectivity index (χ3n) is 15.6. The van der Waals surface area contributed by atoms with Gasteiger partial charge in [-0.3, -0.25) is 14.4 Å². The maximum absolute atomic E-state index is 14.7. The van der Waals surface area contributed by atoms with Gasteiger partial charge in [0.05, 0.1) is 29.8 Å². The fraction of sp³-hybridized carbons (Fsp3) is 0.895. The minimum Gasteiger partial charge on any atom is -0.454 e. The predicted octanol–water partition coefficient (Wildman–Crippen LogP) is 2.56. The lowest BCUT2D eigenvalue weighted by Crippen LogP contribution is -2.70. The van der Waals surface area contributed by atoms with Crippen LogP contribution in [-0.4, -0.2) is 93.1 Å². The molecule has 0 aromatic carbocycles. The molecule has 0 aromatic heterocycles. The zero-order valence-electron chi connectivity index (χ0n) is 30.6. The Hall–Kier alpha value is -2.12. The van der Waals surface area contributed by atoms with Gasteiger partial charge in [-0.15, -0.1) is 0 Å². The third kappa shape index (κ3) is 3.95. The van der Waals surface area contributed by atoms with Gasteiger partial charge in [0.25, 0.3) is 5.79 Å². The molecular formula is C38H54O12. The van der Waals surface area contributed by atoms with Gasteiger partial charge >= 0.3 is 17.9 Å². The van der Waals surface area contributed by atoms with Gasteiger partial charge < -0.3 is 39.0 Å². The summed E-state index contributed by atoms with van der Waals surface area (Å²) >= 11 is 0. The van der Waals surface area contributed by atoms with Crippen molar-refractivity contribution in [3.05, 3.63) is 0 Å². The van der Waals surface area contributed by atoms with Crippen molar-refractivity contribution < 1.29 is 58.2 Å². The topological polar surface area (TPSA) is 182 Å². The summed E-state index contributed by atoms with van der Waals surface area (Å²) < 4.78 is 30.5. The second-order valence-electron chi connectivity index (χ2n) is 18.8. The number of fused-ring (bicyclic) bond motifs is 9. The Morgan fingerprint density at radius 2 is 1.54 bits per heavy atom. The normalized spacial score (nSPS) is 56.6. The number of Topliss-reactive ketones (excluding diaryl/α,β-unsaturated/α-hetero) is 1. The van der Waals surface area contributed by atoms with Crippen LogP contribution in [0.1, 0.15) is 88.0 Å². The smallest absolute Gasteiger partial charge is 0.353 e. The molecule has 3 saturated heterocycles. The van der Waals surface area contributed by atoms with Crippen LogP contribution >= 0.6 is 0 Å². The van der Waals surface area contributed by atoms with E-state index in [2.05, 4.69) is 0 Å². The fourth-order valence-corrected chi connectivity index (χ4v) is 13.2. The van der Waals surface area contributed by atoms with Crippen LogP contribution in [0.3, 0.4) is 0 Å². The van der Waals surface area contributed by atoms with Crippen molar-refractivity contribution in [1.29, 1.82) is 0 Å². The Kier molecular flexibility index (Phi) is 7.35. The average molecular weight is 703 g/mol. The van der Waals surface area contributed by atoms with Crippen molar-refractivity contribution in [3.8, 4) is 0 Å². The number of ether oxygens (including phenoxy) is 5. The zero-order chi connectivity index (χ0) is 36.4. The van der Waals surface area contributed by atoms with Crippen LogP contribution in [0, 0.1) is 69.5 Å². The van der Waals surface area contributed by atoms with Crippen LogP contribution in [0.5, 0.6) is 0 Å². The molecule has 50 heavy (non-hydrogen) atoms. The molecule has 3 aliphatic heterocycles. The van der Waals surface area contributed by atoms with Gasteiger partial charge in [-0.05, 0) is 56.3 Å². The molecule has 8 aliphatic rings. The molecule has 5 aliphatic carbocycles. The van der Waals surface area contributed by atoms with Crippen LogP contribution in [0.4, 0.5) is 0 Å². The molecule has 8 rings (SSSR count). The lowest BCUT2D eigenvalue weighted by atomic mass is 9.42. The molecule has 1 spiro atoms. The van der Waals surface area contributed by atoms with Gasteiger partial charge in [0, 0.05) is 47.3 Å². The summed E-state index contributed by atoms with van der Waals surface area (Å²) in [6, 6.07) is 0. The van der Waals surface area contributed by atoms with Crippen molar-refractivity contribution in [2.45, 2.75) is 142 Å². The first kappa shape index (κ1) is 34.9. The van der Waals surface area contributed by atoms with Crippen molar-refractivity contribution in [1.82, 2.24) is 0 Å². The monoisotopic (exact) mass is 702 g/mol. The van der Waals surface area contributed by atoms with Crippen LogP contribution in [-0.2, 0) is 42.9 Å². The molecule has 12 heteroatoms. The highest BCUT2D eigenvalue weighted by atomic mass is 16.8. The number of carbonyl (C=O) groups is 4. The van der Waals surface area contributed by atoms with E-state index in [1.54, 1.807) is 13.8 Å². The summed E-state index contributed by atoms with van der Waals surface area (Å²) in [4.78, 5) is 55.4. The molecule has 0 unspecified atom stereocenters.